The van der Waals surface area contributed by atoms with Gasteiger partial charge in [0.1, 0.15) is 6.04 Å². The summed E-state index contributed by atoms with van der Waals surface area (Å²) in [6, 6.07) is 4.70. The molecule has 1 aliphatic carbocycles. The molecule has 0 bridgehead atoms. The van der Waals surface area contributed by atoms with E-state index in [1.807, 2.05) is 0 Å². The van der Waals surface area contributed by atoms with Crippen LogP contribution in [0.3, 0.4) is 0 Å². The third-order valence-corrected chi connectivity index (χ3v) is 5.54. The van der Waals surface area contributed by atoms with Crippen molar-refractivity contribution in [3.63, 3.8) is 0 Å². The average molecular weight is 355 g/mol. The Bertz CT molecular complexity index is 635. The molecule has 3 atom stereocenters. The van der Waals surface area contributed by atoms with Crippen molar-refractivity contribution in [1.29, 1.82) is 0 Å². The average Bonchev–Trinajstić information content (AvgIpc) is 3.28. The van der Waals surface area contributed by atoms with E-state index < -0.39 is 6.04 Å². The first-order valence-electron chi connectivity index (χ1n) is 8.04. The van der Waals surface area contributed by atoms with Gasteiger partial charge in [-0.1, -0.05) is 36.2 Å². The monoisotopic (exact) mass is 354 g/mol. The van der Waals surface area contributed by atoms with Crippen LogP contribution in [-0.2, 0) is 9.59 Å². The minimum Gasteiger partial charge on any atom is -0.330 e. The number of hydrogen-bond donors (Lipinski definition) is 1. The Labute approximate surface area is 146 Å². The highest BCUT2D eigenvalue weighted by atomic mass is 35.5. The van der Waals surface area contributed by atoms with Crippen molar-refractivity contribution in [2.45, 2.75) is 38.6 Å². The molecule has 6 heteroatoms. The predicted octanol–water partition coefficient (Wildman–Crippen LogP) is 3.97. The second kappa shape index (κ2) is 6.70. The standard InChI is InChI=1S/C17H20Cl2N2O2/c1-10-9-11(10)17(23)21-8-3-2-7-14(21)16(22)20-13-6-4-5-12(18)15(13)19/h4-6,10-11,14H,2-3,7-9H2,1H3,(H,20,22)/t10-,11+,14-/m1/s1. The van der Waals surface area contributed by atoms with E-state index in [1.54, 1.807) is 23.1 Å². The summed E-state index contributed by atoms with van der Waals surface area (Å²) in [5, 5.41) is 3.55. The largest absolute Gasteiger partial charge is 0.330 e. The van der Waals surface area contributed by atoms with Crippen molar-refractivity contribution in [2.75, 3.05) is 11.9 Å². The minimum atomic E-state index is -0.418. The maximum Gasteiger partial charge on any atom is 0.247 e. The molecule has 4 nitrogen and oxygen atoms in total. The topological polar surface area (TPSA) is 49.4 Å². The maximum atomic E-state index is 12.7. The first kappa shape index (κ1) is 16.6. The molecule has 23 heavy (non-hydrogen) atoms. The highest BCUT2D eigenvalue weighted by molar-refractivity contribution is 6.44. The number of hydrogen-bond acceptors (Lipinski definition) is 2. The van der Waals surface area contributed by atoms with Crippen LogP contribution in [0.1, 0.15) is 32.6 Å². The van der Waals surface area contributed by atoms with Crippen molar-refractivity contribution in [3.05, 3.63) is 28.2 Å². The van der Waals surface area contributed by atoms with Gasteiger partial charge in [-0.05, 0) is 43.7 Å². The second-order valence-corrected chi connectivity index (χ2v) is 7.24. The Balaban J connectivity index is 1.73. The van der Waals surface area contributed by atoms with E-state index in [0.717, 1.165) is 19.3 Å². The Kier molecular flexibility index (Phi) is 4.83. The highest BCUT2D eigenvalue weighted by Gasteiger charge is 2.44. The van der Waals surface area contributed by atoms with Gasteiger partial charge in [-0.2, -0.15) is 0 Å². The van der Waals surface area contributed by atoms with Crippen LogP contribution < -0.4 is 5.32 Å². The number of anilines is 1. The summed E-state index contributed by atoms with van der Waals surface area (Å²) in [5.74, 6) is 0.471. The SMILES string of the molecule is C[C@@H]1C[C@@H]1C(=O)N1CCCC[C@@H]1C(=O)Nc1cccc(Cl)c1Cl. The molecule has 1 aliphatic heterocycles. The fraction of sp³-hybridized carbons (Fsp3) is 0.529. The van der Waals surface area contributed by atoms with Crippen molar-refractivity contribution in [2.24, 2.45) is 11.8 Å². The van der Waals surface area contributed by atoms with Crippen LogP contribution in [-0.4, -0.2) is 29.3 Å². The predicted molar refractivity (Wildman–Crippen MR) is 91.7 cm³/mol. The number of piperidine rings is 1. The van der Waals surface area contributed by atoms with Gasteiger partial charge in [-0.15, -0.1) is 0 Å². The molecule has 3 rings (SSSR count). The van der Waals surface area contributed by atoms with E-state index in [9.17, 15) is 9.59 Å². The summed E-state index contributed by atoms with van der Waals surface area (Å²) in [7, 11) is 0. The number of amides is 2. The van der Waals surface area contributed by atoms with Crippen LogP contribution in [0.4, 0.5) is 5.69 Å². The molecule has 1 aromatic rings. The number of benzene rings is 1. The summed E-state index contributed by atoms with van der Waals surface area (Å²) >= 11 is 12.1. The molecule has 2 fully saturated rings. The fourth-order valence-electron chi connectivity index (χ4n) is 3.16. The molecule has 1 aromatic carbocycles. The molecule has 0 spiro atoms. The zero-order valence-corrected chi connectivity index (χ0v) is 14.5. The third kappa shape index (κ3) is 3.48. The van der Waals surface area contributed by atoms with Gasteiger partial charge in [0.2, 0.25) is 11.8 Å². The smallest absolute Gasteiger partial charge is 0.247 e. The molecular formula is C17H20Cl2N2O2. The summed E-state index contributed by atoms with van der Waals surface area (Å²) in [4.78, 5) is 27.0. The van der Waals surface area contributed by atoms with Crippen LogP contribution >= 0.6 is 23.2 Å². The normalized spacial score (nSPS) is 26.7. The number of likely N-dealkylation sites (tertiary alicyclic amines) is 1. The van der Waals surface area contributed by atoms with Crippen molar-refractivity contribution < 1.29 is 9.59 Å². The molecule has 0 aromatic heterocycles. The van der Waals surface area contributed by atoms with Crippen molar-refractivity contribution in [3.8, 4) is 0 Å². The zero-order valence-electron chi connectivity index (χ0n) is 13.0. The summed E-state index contributed by atoms with van der Waals surface area (Å²) < 4.78 is 0. The number of nitrogens with zero attached hydrogens (tertiary/aromatic N) is 1. The van der Waals surface area contributed by atoms with Gasteiger partial charge >= 0.3 is 0 Å². The first-order valence-corrected chi connectivity index (χ1v) is 8.80. The van der Waals surface area contributed by atoms with E-state index in [4.69, 9.17) is 23.2 Å². The van der Waals surface area contributed by atoms with Crippen LogP contribution in [0.25, 0.3) is 0 Å². The molecule has 0 unspecified atom stereocenters. The lowest BCUT2D eigenvalue weighted by atomic mass is 10.00. The van der Waals surface area contributed by atoms with Gasteiger partial charge in [0.15, 0.2) is 0 Å². The zero-order chi connectivity index (χ0) is 16.6. The van der Waals surface area contributed by atoms with Gasteiger partial charge < -0.3 is 10.2 Å². The van der Waals surface area contributed by atoms with Gasteiger partial charge in [-0.3, -0.25) is 9.59 Å². The van der Waals surface area contributed by atoms with Crippen LogP contribution in [0.2, 0.25) is 10.0 Å². The van der Waals surface area contributed by atoms with E-state index in [1.165, 1.54) is 0 Å². The van der Waals surface area contributed by atoms with Gasteiger partial charge in [0.25, 0.3) is 0 Å². The quantitative estimate of drug-likeness (QED) is 0.892. The molecule has 0 radical (unpaired) electrons. The Morgan fingerprint density at radius 3 is 2.70 bits per heavy atom. The van der Waals surface area contributed by atoms with E-state index in [-0.39, 0.29) is 17.7 Å². The molecule has 1 N–H and O–H groups in total. The number of halogens is 2. The Morgan fingerprint density at radius 2 is 2.00 bits per heavy atom. The van der Waals surface area contributed by atoms with Crippen LogP contribution in [0.15, 0.2) is 18.2 Å². The van der Waals surface area contributed by atoms with Crippen LogP contribution in [0.5, 0.6) is 0 Å². The summed E-state index contributed by atoms with van der Waals surface area (Å²) in [6.45, 7) is 2.73. The van der Waals surface area contributed by atoms with Crippen LogP contribution in [0, 0.1) is 11.8 Å². The third-order valence-electron chi connectivity index (χ3n) is 4.72. The first-order chi connectivity index (χ1) is 11.0. The molecule has 1 heterocycles. The highest BCUT2D eigenvalue weighted by Crippen LogP contribution is 2.40. The number of carbonyl (C=O) groups excluding carboxylic acids is 2. The second-order valence-electron chi connectivity index (χ2n) is 6.45. The van der Waals surface area contributed by atoms with Crippen molar-refractivity contribution >= 4 is 40.7 Å². The van der Waals surface area contributed by atoms with E-state index >= 15 is 0 Å². The van der Waals surface area contributed by atoms with Gasteiger partial charge in [0.05, 0.1) is 15.7 Å². The maximum absolute atomic E-state index is 12.7. The van der Waals surface area contributed by atoms with Gasteiger partial charge in [-0.25, -0.2) is 0 Å². The number of nitrogens with one attached hydrogen (secondary N) is 1. The number of carbonyl (C=O) groups is 2. The lowest BCUT2D eigenvalue weighted by molar-refractivity contribution is -0.141. The molecule has 1 saturated heterocycles. The van der Waals surface area contributed by atoms with E-state index in [0.29, 0.717) is 34.6 Å². The van der Waals surface area contributed by atoms with E-state index in [2.05, 4.69) is 12.2 Å². The van der Waals surface area contributed by atoms with Crippen molar-refractivity contribution in [1.82, 2.24) is 4.90 Å². The lowest BCUT2D eigenvalue weighted by Crippen LogP contribution is -2.50. The molecule has 1 saturated carbocycles. The molecule has 124 valence electrons. The lowest BCUT2D eigenvalue weighted by Gasteiger charge is -2.35. The molecule has 2 aliphatic rings. The molecular weight excluding hydrogens is 335 g/mol. The summed E-state index contributed by atoms with van der Waals surface area (Å²) in [6.07, 6.45) is 3.53. The Morgan fingerprint density at radius 1 is 1.26 bits per heavy atom. The fourth-order valence-corrected chi connectivity index (χ4v) is 3.51. The number of rotatable bonds is 3. The van der Waals surface area contributed by atoms with Gasteiger partial charge in [0, 0.05) is 12.5 Å². The molecule has 2 amide bonds. The Hall–Kier alpha value is -1.26. The summed E-state index contributed by atoms with van der Waals surface area (Å²) in [5.41, 5.74) is 0.488. The minimum absolute atomic E-state index is 0.0955.